The van der Waals surface area contributed by atoms with E-state index >= 15 is 0 Å². The molecule has 0 bridgehead atoms. The second-order valence-electron chi connectivity index (χ2n) is 43.4. The van der Waals surface area contributed by atoms with Crippen molar-refractivity contribution in [2.75, 3.05) is 127 Å². The third-order valence-electron chi connectivity index (χ3n) is 29.2. The van der Waals surface area contributed by atoms with Gasteiger partial charge in [0.15, 0.2) is 0 Å². The fourth-order valence-corrected chi connectivity index (χ4v) is 27.4. The van der Waals surface area contributed by atoms with Crippen LogP contribution >= 0.6 is 70.6 Å². The Morgan fingerprint density at radius 1 is 0.124 bits per heavy atom. The maximum atomic E-state index is 7.86. The summed E-state index contributed by atoms with van der Waals surface area (Å²) in [5.41, 5.74) is -1.05. The summed E-state index contributed by atoms with van der Waals surface area (Å²) in [4.78, 5) is 0. The van der Waals surface area contributed by atoms with Gasteiger partial charge in [0, 0.05) is 71.1 Å². The van der Waals surface area contributed by atoms with E-state index in [0.717, 1.165) is 78.2 Å². The molecule has 0 rings (SSSR count). The van der Waals surface area contributed by atoms with E-state index in [1.165, 1.54) is 535 Å². The van der Waals surface area contributed by atoms with Crippen molar-refractivity contribution in [1.82, 2.24) is 0 Å². The Hall–Kier alpha value is 1.82. The molecule has 6 atom stereocenters. The topological polar surface area (TPSA) is 64.6 Å². The van der Waals surface area contributed by atoms with Crippen molar-refractivity contribution < 1.29 is 33.2 Å². The molecule has 0 spiro atoms. The van der Waals surface area contributed by atoms with Crippen LogP contribution in [0.3, 0.4) is 0 Å². The van der Waals surface area contributed by atoms with Crippen LogP contribution in [0.4, 0.5) is 0 Å². The van der Waals surface area contributed by atoms with Crippen LogP contribution in [-0.4, -0.2) is 159 Å². The molecular weight excluding hydrogens is 1790 g/mol. The summed E-state index contributed by atoms with van der Waals surface area (Å²) < 4.78 is 52.5. The number of thioether (sulfide) groups is 6. The molecule has 0 saturated carbocycles. The zero-order valence-corrected chi connectivity index (χ0v) is 100. The second kappa shape index (κ2) is 116. The molecule has 0 amide bonds. The highest BCUT2D eigenvalue weighted by Gasteiger charge is 2.38. The molecule has 0 heterocycles. The molecule has 0 aliphatic heterocycles. The number of hydrogen-bond donors (Lipinski definition) is 0. The van der Waals surface area contributed by atoms with Gasteiger partial charge in [-0.2, -0.15) is 70.6 Å². The van der Waals surface area contributed by atoms with Gasteiger partial charge in [-0.15, -0.1) is 0 Å². The predicted molar refractivity (Wildman–Crippen MR) is 634 cm³/mol. The summed E-state index contributed by atoms with van der Waals surface area (Å²) in [6, 6.07) is 0. The first-order valence-electron chi connectivity index (χ1n) is 62.4. The van der Waals surface area contributed by atoms with Gasteiger partial charge in [0.1, 0.15) is 0 Å². The van der Waals surface area contributed by atoms with Gasteiger partial charge in [0.05, 0.1) is 63.7 Å². The zero-order valence-electron chi connectivity index (χ0n) is 95.3. The quantitative estimate of drug-likeness (QED) is 0.0544. The van der Waals surface area contributed by atoms with Crippen LogP contribution in [0.5, 0.6) is 0 Å². The first kappa shape index (κ1) is 139. The van der Waals surface area contributed by atoms with Gasteiger partial charge >= 0.3 is 0 Å². The average Bonchev–Trinajstić information content (AvgIpc) is 0.844. The summed E-state index contributed by atoms with van der Waals surface area (Å²) in [6.45, 7) is 37.3. The SMILES string of the molecule is CCCCCCCCCCSC(CCCCCC)CCOCC(COCCC(CCCCCC)SCCCCCCCCCC)(COCCC(CCCCCC)SCCCCCCCCCC)COCC(COCCC(CCCCCC)SCCCCCCCCCC)(COCCC(CCCCCC)SCCCCCCCCCC)COCCC(CCCCCC)SCCCCCCCCCC. The zero-order chi connectivity index (χ0) is 99.2. The maximum Gasteiger partial charge on any atom is 0.0637 e. The molecule has 13 heteroatoms. The average molecular weight is 2050 g/mol. The third-order valence-corrected chi connectivity index (χ3v) is 38.0. The van der Waals surface area contributed by atoms with Crippen LogP contribution in [-0.2, 0) is 33.2 Å². The van der Waals surface area contributed by atoms with E-state index in [9.17, 15) is 0 Å². The van der Waals surface area contributed by atoms with Crippen molar-refractivity contribution in [2.24, 2.45) is 10.8 Å². The van der Waals surface area contributed by atoms with Crippen molar-refractivity contribution >= 4 is 70.6 Å². The van der Waals surface area contributed by atoms with Crippen LogP contribution in [0.2, 0.25) is 0 Å². The molecule has 0 fully saturated rings. The van der Waals surface area contributed by atoms with Crippen molar-refractivity contribution in [3.8, 4) is 0 Å². The highest BCUT2D eigenvalue weighted by Crippen LogP contribution is 2.35. The van der Waals surface area contributed by atoms with E-state index in [1.807, 2.05) is 0 Å². The lowest BCUT2D eigenvalue weighted by Gasteiger charge is -2.37. The van der Waals surface area contributed by atoms with Crippen LogP contribution < -0.4 is 0 Å². The molecule has 0 radical (unpaired) electrons. The molecule has 0 aromatic carbocycles. The van der Waals surface area contributed by atoms with E-state index < -0.39 is 10.8 Å². The minimum atomic E-state index is -0.525. The molecule has 7 nitrogen and oxygen atoms in total. The normalized spacial score (nSPS) is 14.3. The molecule has 137 heavy (non-hydrogen) atoms. The Kier molecular flexibility index (Phi) is 118. The minimum Gasteiger partial charge on any atom is -0.381 e. The largest absolute Gasteiger partial charge is 0.381 e. The molecule has 0 aromatic rings. The van der Waals surface area contributed by atoms with Crippen molar-refractivity contribution in [2.45, 2.75) is 654 Å². The van der Waals surface area contributed by atoms with Crippen molar-refractivity contribution in [1.29, 1.82) is 0 Å². The molecule has 6 unspecified atom stereocenters. The molecule has 824 valence electrons. The van der Waals surface area contributed by atoms with E-state index in [0.29, 0.717) is 84.4 Å². The summed E-state index contributed by atoms with van der Waals surface area (Å²) in [6.07, 6.45) is 112. The molecule has 0 N–H and O–H groups in total. The molecule has 0 aliphatic carbocycles. The monoisotopic (exact) mass is 2040 g/mol. The van der Waals surface area contributed by atoms with Gasteiger partial charge in [-0.1, -0.05) is 507 Å². The molecule has 0 saturated heterocycles. The smallest absolute Gasteiger partial charge is 0.0637 e. The summed E-state index contributed by atoms with van der Waals surface area (Å²) in [5.74, 6) is 7.63. The highest BCUT2D eigenvalue weighted by molar-refractivity contribution is 8.01. The van der Waals surface area contributed by atoms with Crippen molar-refractivity contribution in [3.63, 3.8) is 0 Å². The van der Waals surface area contributed by atoms with Crippen LogP contribution in [0, 0.1) is 10.8 Å². The fraction of sp³-hybridized carbons (Fsp3) is 1.00. The van der Waals surface area contributed by atoms with E-state index in [4.69, 9.17) is 33.2 Å². The first-order chi connectivity index (χ1) is 67.7. The Labute approximate surface area is 888 Å². The van der Waals surface area contributed by atoms with Crippen LogP contribution in [0.15, 0.2) is 0 Å². The second-order valence-corrected chi connectivity index (χ2v) is 51.9. The predicted octanol–water partition coefficient (Wildman–Crippen LogP) is 42.7. The maximum absolute atomic E-state index is 7.86. The van der Waals surface area contributed by atoms with E-state index in [-0.39, 0.29) is 0 Å². The lowest BCUT2D eigenvalue weighted by Crippen LogP contribution is -2.46. The van der Waals surface area contributed by atoms with Crippen molar-refractivity contribution in [3.05, 3.63) is 0 Å². The van der Waals surface area contributed by atoms with E-state index in [2.05, 4.69) is 154 Å². The molecular formula is C124H250O7S6. The highest BCUT2D eigenvalue weighted by atomic mass is 32.2. The van der Waals surface area contributed by atoms with Crippen LogP contribution in [0.1, 0.15) is 622 Å². The van der Waals surface area contributed by atoms with Crippen LogP contribution in [0.25, 0.3) is 0 Å². The minimum absolute atomic E-state index is 0.503. The number of rotatable bonds is 124. The summed E-state index contributed by atoms with van der Waals surface area (Å²) >= 11 is 13.7. The van der Waals surface area contributed by atoms with Gasteiger partial charge in [-0.25, -0.2) is 0 Å². The van der Waals surface area contributed by atoms with Gasteiger partial charge < -0.3 is 33.2 Å². The Bertz CT molecular complexity index is 1820. The summed E-state index contributed by atoms with van der Waals surface area (Å²) in [7, 11) is 0. The Balaban J connectivity index is 8.70. The Morgan fingerprint density at radius 2 is 0.234 bits per heavy atom. The Morgan fingerprint density at radius 3 is 0.365 bits per heavy atom. The van der Waals surface area contributed by atoms with Gasteiger partial charge in [0.25, 0.3) is 0 Å². The van der Waals surface area contributed by atoms with Gasteiger partial charge in [-0.05, 0) is 150 Å². The number of unbranched alkanes of at least 4 members (excludes halogenated alkanes) is 60. The third kappa shape index (κ3) is 99.5. The molecule has 0 aliphatic rings. The molecule has 0 aromatic heterocycles. The number of hydrogen-bond acceptors (Lipinski definition) is 13. The fourth-order valence-electron chi connectivity index (χ4n) is 19.6. The van der Waals surface area contributed by atoms with Gasteiger partial charge in [-0.3, -0.25) is 0 Å². The number of ether oxygens (including phenoxy) is 7. The van der Waals surface area contributed by atoms with E-state index in [1.54, 1.807) is 0 Å². The standard InChI is InChI=1S/C124H250O7S6/c1-13-25-37-49-55-61-67-79-103-132-117(85-73-43-31-19-7)91-97-125-109-123(110-126-98-92-118(86-74-44-32-20-8)133-104-80-68-62-56-50-38-26-14-2,111-127-99-93-119(87-75-45-33-21-9)134-105-81-69-63-57-51-39-27-15-3)115-131-116-124(112-128-100-94-120(88-76-46-34-22-10)135-106-82-70-64-58-52-40-28-16-4,113-129-101-95-121(89-77-47-35-23-11)136-107-83-71-65-59-53-41-29-17-5)114-130-102-96-122(90-78-48-36-24-12)137-108-84-72-66-60-54-42-30-18-6/h117-122H,13-116H2,1-12H3. The first-order valence-corrected chi connectivity index (χ1v) is 68.7. The lowest BCUT2D eigenvalue weighted by molar-refractivity contribution is -0.143. The summed E-state index contributed by atoms with van der Waals surface area (Å²) in [5, 5.41) is 3.69. The van der Waals surface area contributed by atoms with Gasteiger partial charge in [0.2, 0.25) is 0 Å². The lowest BCUT2D eigenvalue weighted by atomic mass is 9.90.